The van der Waals surface area contributed by atoms with Crippen LogP contribution < -0.4 is 5.32 Å². The number of thiophene rings is 1. The van der Waals surface area contributed by atoms with E-state index in [0.29, 0.717) is 12.1 Å². The minimum atomic E-state index is 0.407. The molecule has 2 nitrogen and oxygen atoms in total. The average molecular weight is 304 g/mol. The second kappa shape index (κ2) is 5.63. The molecule has 1 aromatic rings. The van der Waals surface area contributed by atoms with Gasteiger partial charge in [-0.1, -0.05) is 0 Å². The van der Waals surface area contributed by atoms with Gasteiger partial charge in [-0.15, -0.1) is 11.3 Å². The van der Waals surface area contributed by atoms with Gasteiger partial charge in [-0.25, -0.2) is 0 Å². The number of ether oxygens (including phenoxy) is 1. The summed E-state index contributed by atoms with van der Waals surface area (Å²) in [5, 5.41) is 3.55. The standard InChI is InChI=1S/C12H18BrNOS/c1-8-6-10(16-12(8)13)7-14-9(2)11-4-3-5-15-11/h6,9,11,14H,3-5,7H2,1-2H3. The summed E-state index contributed by atoms with van der Waals surface area (Å²) in [6.45, 7) is 6.22. The van der Waals surface area contributed by atoms with Gasteiger partial charge >= 0.3 is 0 Å². The number of hydrogen-bond acceptors (Lipinski definition) is 3. The van der Waals surface area contributed by atoms with Crippen LogP contribution in [-0.2, 0) is 11.3 Å². The number of hydrogen-bond donors (Lipinski definition) is 1. The Hall–Kier alpha value is 0.100. The van der Waals surface area contributed by atoms with E-state index in [1.54, 1.807) is 0 Å². The van der Waals surface area contributed by atoms with Crippen LogP contribution in [-0.4, -0.2) is 18.8 Å². The minimum Gasteiger partial charge on any atom is -0.377 e. The third-order valence-corrected chi connectivity index (χ3v) is 5.17. The van der Waals surface area contributed by atoms with Gasteiger partial charge in [-0.3, -0.25) is 0 Å². The van der Waals surface area contributed by atoms with Crippen molar-refractivity contribution in [2.45, 2.75) is 45.4 Å². The van der Waals surface area contributed by atoms with Gasteiger partial charge in [0.15, 0.2) is 0 Å². The fourth-order valence-corrected chi connectivity index (χ4v) is 3.58. The molecule has 1 fully saturated rings. The highest BCUT2D eigenvalue weighted by molar-refractivity contribution is 9.11. The highest BCUT2D eigenvalue weighted by atomic mass is 79.9. The predicted octanol–water partition coefficient (Wildman–Crippen LogP) is 3.48. The zero-order valence-electron chi connectivity index (χ0n) is 9.75. The van der Waals surface area contributed by atoms with Crippen molar-refractivity contribution in [1.29, 1.82) is 0 Å². The molecule has 1 saturated heterocycles. The zero-order chi connectivity index (χ0) is 11.5. The van der Waals surface area contributed by atoms with E-state index < -0.39 is 0 Å². The quantitative estimate of drug-likeness (QED) is 0.919. The number of aryl methyl sites for hydroxylation is 1. The van der Waals surface area contributed by atoms with E-state index in [9.17, 15) is 0 Å². The van der Waals surface area contributed by atoms with Gasteiger partial charge in [0, 0.05) is 24.1 Å². The second-order valence-corrected chi connectivity index (χ2v) is 6.85. The minimum absolute atomic E-state index is 0.407. The normalized spacial score (nSPS) is 22.6. The van der Waals surface area contributed by atoms with Crippen molar-refractivity contribution >= 4 is 27.3 Å². The largest absolute Gasteiger partial charge is 0.377 e. The molecule has 0 bridgehead atoms. The summed E-state index contributed by atoms with van der Waals surface area (Å²) in [5.74, 6) is 0. The van der Waals surface area contributed by atoms with Gasteiger partial charge in [0.05, 0.1) is 9.89 Å². The van der Waals surface area contributed by atoms with Crippen LogP contribution in [0.3, 0.4) is 0 Å². The molecule has 2 heterocycles. The van der Waals surface area contributed by atoms with Gasteiger partial charge in [-0.2, -0.15) is 0 Å². The first-order valence-corrected chi connectivity index (χ1v) is 7.37. The number of rotatable bonds is 4. The van der Waals surface area contributed by atoms with E-state index in [4.69, 9.17) is 4.74 Å². The second-order valence-electron chi connectivity index (χ2n) is 4.39. The fraction of sp³-hybridized carbons (Fsp3) is 0.667. The Bertz CT molecular complexity index is 327. The van der Waals surface area contributed by atoms with E-state index in [1.165, 1.54) is 27.1 Å². The maximum atomic E-state index is 5.66. The summed E-state index contributed by atoms with van der Waals surface area (Å²) >= 11 is 5.37. The third-order valence-electron chi connectivity index (χ3n) is 3.03. The summed E-state index contributed by atoms with van der Waals surface area (Å²) in [4.78, 5) is 1.38. The van der Waals surface area contributed by atoms with E-state index >= 15 is 0 Å². The lowest BCUT2D eigenvalue weighted by Crippen LogP contribution is -2.36. The molecule has 90 valence electrons. The van der Waals surface area contributed by atoms with Gasteiger partial charge < -0.3 is 10.1 Å². The van der Waals surface area contributed by atoms with Gasteiger partial charge in [0.2, 0.25) is 0 Å². The van der Waals surface area contributed by atoms with Crippen molar-refractivity contribution in [3.8, 4) is 0 Å². The molecule has 0 saturated carbocycles. The number of halogens is 1. The summed E-state index contributed by atoms with van der Waals surface area (Å²) in [6.07, 6.45) is 2.81. The zero-order valence-corrected chi connectivity index (χ0v) is 12.2. The monoisotopic (exact) mass is 303 g/mol. The van der Waals surface area contributed by atoms with E-state index in [1.807, 2.05) is 11.3 Å². The van der Waals surface area contributed by atoms with Crippen LogP contribution in [0, 0.1) is 6.92 Å². The first kappa shape index (κ1) is 12.6. The maximum Gasteiger partial charge on any atom is 0.0730 e. The van der Waals surface area contributed by atoms with Crippen LogP contribution in [0.5, 0.6) is 0 Å². The first-order chi connectivity index (χ1) is 7.66. The van der Waals surface area contributed by atoms with Crippen LogP contribution in [0.4, 0.5) is 0 Å². The fourth-order valence-electron chi connectivity index (χ4n) is 2.00. The first-order valence-electron chi connectivity index (χ1n) is 5.76. The molecule has 1 aliphatic heterocycles. The van der Waals surface area contributed by atoms with E-state index in [0.717, 1.165) is 13.2 Å². The van der Waals surface area contributed by atoms with Crippen LogP contribution in [0.25, 0.3) is 0 Å². The Morgan fingerprint density at radius 1 is 1.69 bits per heavy atom. The SMILES string of the molecule is Cc1cc(CNC(C)C2CCCO2)sc1Br. The summed E-state index contributed by atoms with van der Waals surface area (Å²) in [6, 6.07) is 2.69. The topological polar surface area (TPSA) is 21.3 Å². The Balaban J connectivity index is 1.82. The molecule has 1 N–H and O–H groups in total. The molecule has 1 aromatic heterocycles. The molecular weight excluding hydrogens is 286 g/mol. The average Bonchev–Trinajstić information content (AvgIpc) is 2.86. The van der Waals surface area contributed by atoms with Crippen LogP contribution in [0.1, 0.15) is 30.2 Å². The van der Waals surface area contributed by atoms with Crippen molar-refractivity contribution < 1.29 is 4.74 Å². The molecule has 0 amide bonds. The Kier molecular flexibility index (Phi) is 4.41. The van der Waals surface area contributed by atoms with Crippen molar-refractivity contribution in [3.05, 3.63) is 20.3 Å². The molecule has 0 radical (unpaired) electrons. The lowest BCUT2D eigenvalue weighted by Gasteiger charge is -2.19. The molecule has 2 unspecified atom stereocenters. The lowest BCUT2D eigenvalue weighted by atomic mass is 10.1. The molecule has 2 atom stereocenters. The van der Waals surface area contributed by atoms with Gasteiger partial charge in [-0.05, 0) is 54.2 Å². The summed E-state index contributed by atoms with van der Waals surface area (Å²) in [7, 11) is 0. The molecular formula is C12H18BrNOS. The summed E-state index contributed by atoms with van der Waals surface area (Å²) < 4.78 is 6.91. The summed E-state index contributed by atoms with van der Waals surface area (Å²) in [5.41, 5.74) is 1.33. The molecule has 16 heavy (non-hydrogen) atoms. The van der Waals surface area contributed by atoms with Crippen LogP contribution in [0.2, 0.25) is 0 Å². The smallest absolute Gasteiger partial charge is 0.0730 e. The molecule has 0 aliphatic carbocycles. The van der Waals surface area contributed by atoms with Gasteiger partial charge in [0.1, 0.15) is 0 Å². The maximum absolute atomic E-state index is 5.66. The van der Waals surface area contributed by atoms with E-state index in [2.05, 4.69) is 41.2 Å². The Labute approximate surface area is 110 Å². The van der Waals surface area contributed by atoms with Crippen molar-refractivity contribution in [2.24, 2.45) is 0 Å². The predicted molar refractivity (Wildman–Crippen MR) is 72.0 cm³/mol. The number of nitrogens with one attached hydrogen (secondary N) is 1. The Morgan fingerprint density at radius 2 is 2.50 bits per heavy atom. The van der Waals surface area contributed by atoms with Gasteiger partial charge in [0.25, 0.3) is 0 Å². The molecule has 4 heteroatoms. The molecule has 2 rings (SSSR count). The molecule has 0 aromatic carbocycles. The highest BCUT2D eigenvalue weighted by Crippen LogP contribution is 2.27. The van der Waals surface area contributed by atoms with Crippen molar-refractivity contribution in [2.75, 3.05) is 6.61 Å². The van der Waals surface area contributed by atoms with Crippen LogP contribution in [0.15, 0.2) is 9.85 Å². The lowest BCUT2D eigenvalue weighted by molar-refractivity contribution is 0.0833. The van der Waals surface area contributed by atoms with Crippen molar-refractivity contribution in [1.82, 2.24) is 5.32 Å². The third kappa shape index (κ3) is 3.06. The molecule has 1 aliphatic rings. The van der Waals surface area contributed by atoms with Crippen LogP contribution >= 0.6 is 27.3 Å². The molecule has 0 spiro atoms. The van der Waals surface area contributed by atoms with E-state index in [-0.39, 0.29) is 0 Å². The van der Waals surface area contributed by atoms with Crippen molar-refractivity contribution in [3.63, 3.8) is 0 Å². The highest BCUT2D eigenvalue weighted by Gasteiger charge is 2.21. The Morgan fingerprint density at radius 3 is 3.06 bits per heavy atom.